The zero-order valence-electron chi connectivity index (χ0n) is 11.4. The van der Waals surface area contributed by atoms with Gasteiger partial charge in [0, 0.05) is 5.69 Å². The molecule has 23 heavy (non-hydrogen) atoms. The molecule has 0 aliphatic heterocycles. The van der Waals surface area contributed by atoms with E-state index in [-0.39, 0.29) is 5.69 Å². The number of rotatable bonds is 2. The average Bonchev–Trinajstić information content (AvgIpc) is 2.38. The number of nitrogen functional groups attached to an aromatic ring is 1. The summed E-state index contributed by atoms with van der Waals surface area (Å²) in [6.07, 6.45) is -11.4. The summed E-state index contributed by atoms with van der Waals surface area (Å²) >= 11 is 0. The van der Waals surface area contributed by atoms with Crippen LogP contribution >= 0.6 is 0 Å². The van der Waals surface area contributed by atoms with E-state index in [0.29, 0.717) is 24.3 Å². The van der Waals surface area contributed by atoms with Gasteiger partial charge in [0.1, 0.15) is 5.75 Å². The van der Waals surface area contributed by atoms with Crippen LogP contribution in [0.2, 0.25) is 0 Å². The molecule has 0 aliphatic carbocycles. The summed E-state index contributed by atoms with van der Waals surface area (Å²) in [6, 6.07) is 6.34. The summed E-state index contributed by atoms with van der Waals surface area (Å²) in [5, 5.41) is 9.34. The molecule has 0 aliphatic rings. The minimum atomic E-state index is -5.69. The first-order valence-electron chi connectivity index (χ1n) is 6.29. The maximum atomic E-state index is 13.6. The molecule has 0 saturated heterocycles. The molecule has 0 heterocycles. The van der Waals surface area contributed by atoms with Gasteiger partial charge in [-0.1, -0.05) is 24.3 Å². The van der Waals surface area contributed by atoms with Crippen LogP contribution in [0.3, 0.4) is 0 Å². The molecule has 0 amide bonds. The summed E-state index contributed by atoms with van der Waals surface area (Å²) in [5.41, 5.74) is -1.05. The summed E-state index contributed by atoms with van der Waals surface area (Å²) in [4.78, 5) is 0. The zero-order chi connectivity index (χ0) is 17.5. The number of alkyl halides is 6. The first-order chi connectivity index (χ1) is 10.5. The van der Waals surface area contributed by atoms with Crippen molar-refractivity contribution < 1.29 is 31.4 Å². The molecule has 0 atom stereocenters. The highest BCUT2D eigenvalue weighted by Crippen LogP contribution is 2.56. The Hall–Kier alpha value is -2.38. The Morgan fingerprint density at radius 3 is 1.70 bits per heavy atom. The number of hydrogen-bond donors (Lipinski definition) is 2. The van der Waals surface area contributed by atoms with Crippen LogP contribution in [-0.4, -0.2) is 17.5 Å². The lowest BCUT2D eigenvalue weighted by Gasteiger charge is -2.38. The number of nitrogens with two attached hydrogens (primary N) is 1. The van der Waals surface area contributed by atoms with Gasteiger partial charge in [-0.25, -0.2) is 0 Å². The van der Waals surface area contributed by atoms with Crippen LogP contribution in [-0.2, 0) is 5.41 Å². The lowest BCUT2D eigenvalue weighted by atomic mass is 9.73. The summed E-state index contributed by atoms with van der Waals surface area (Å²) in [7, 11) is 0. The van der Waals surface area contributed by atoms with Gasteiger partial charge in [-0.2, -0.15) is 26.3 Å². The van der Waals surface area contributed by atoms with E-state index in [0.717, 1.165) is 24.3 Å². The molecule has 8 heteroatoms. The summed E-state index contributed by atoms with van der Waals surface area (Å²) in [5.74, 6) is -0.698. The van der Waals surface area contributed by atoms with Crippen molar-refractivity contribution in [1.82, 2.24) is 0 Å². The highest BCUT2D eigenvalue weighted by Gasteiger charge is 2.72. The monoisotopic (exact) mass is 335 g/mol. The van der Waals surface area contributed by atoms with Crippen LogP contribution in [0.5, 0.6) is 5.75 Å². The Morgan fingerprint density at radius 1 is 0.739 bits per heavy atom. The van der Waals surface area contributed by atoms with Crippen molar-refractivity contribution in [3.05, 3.63) is 59.7 Å². The second-order valence-electron chi connectivity index (χ2n) is 4.92. The number of phenolic OH excluding ortho intramolecular Hbond substituents is 1. The van der Waals surface area contributed by atoms with Crippen LogP contribution in [0.15, 0.2) is 48.5 Å². The fourth-order valence-corrected chi connectivity index (χ4v) is 2.45. The Labute approximate surface area is 127 Å². The highest BCUT2D eigenvalue weighted by atomic mass is 19.4. The molecule has 2 aromatic rings. The van der Waals surface area contributed by atoms with Crippen molar-refractivity contribution in [2.24, 2.45) is 0 Å². The quantitative estimate of drug-likeness (QED) is 0.632. The van der Waals surface area contributed by atoms with E-state index in [9.17, 15) is 31.4 Å². The largest absolute Gasteiger partial charge is 0.508 e. The summed E-state index contributed by atoms with van der Waals surface area (Å²) in [6.45, 7) is 0. The van der Waals surface area contributed by atoms with Gasteiger partial charge in [0.05, 0.1) is 0 Å². The van der Waals surface area contributed by atoms with Crippen LogP contribution in [0, 0.1) is 0 Å². The molecule has 2 nitrogen and oxygen atoms in total. The van der Waals surface area contributed by atoms with Gasteiger partial charge in [-0.3, -0.25) is 0 Å². The maximum Gasteiger partial charge on any atom is 0.411 e. The van der Waals surface area contributed by atoms with Crippen molar-refractivity contribution in [3.63, 3.8) is 0 Å². The van der Waals surface area contributed by atoms with E-state index in [1.807, 2.05) is 0 Å². The molecule has 2 rings (SSSR count). The fourth-order valence-electron chi connectivity index (χ4n) is 2.45. The second kappa shape index (κ2) is 5.36. The van der Waals surface area contributed by atoms with Crippen molar-refractivity contribution in [1.29, 1.82) is 0 Å². The van der Waals surface area contributed by atoms with Gasteiger partial charge in [0.15, 0.2) is 0 Å². The Kier molecular flexibility index (Phi) is 3.96. The smallest absolute Gasteiger partial charge is 0.411 e. The predicted molar refractivity (Wildman–Crippen MR) is 71.9 cm³/mol. The van der Waals surface area contributed by atoms with E-state index >= 15 is 0 Å². The molecule has 0 fully saturated rings. The summed E-state index contributed by atoms with van der Waals surface area (Å²) < 4.78 is 81.9. The normalized spacial score (nSPS) is 13.1. The molecule has 0 aromatic heterocycles. The third-order valence-electron chi connectivity index (χ3n) is 3.47. The van der Waals surface area contributed by atoms with E-state index < -0.39 is 34.6 Å². The van der Waals surface area contributed by atoms with E-state index in [1.165, 1.54) is 0 Å². The molecule has 3 N–H and O–H groups in total. The lowest BCUT2D eigenvalue weighted by Crippen LogP contribution is -2.54. The molecule has 0 spiro atoms. The van der Waals surface area contributed by atoms with Crippen LogP contribution in [0.4, 0.5) is 32.0 Å². The molecule has 0 bridgehead atoms. The average molecular weight is 335 g/mol. The minimum absolute atomic E-state index is 0.0305. The molecular weight excluding hydrogens is 324 g/mol. The number of benzene rings is 2. The molecule has 0 radical (unpaired) electrons. The number of halogens is 6. The predicted octanol–water partition coefficient (Wildman–Crippen LogP) is 4.39. The molecule has 124 valence electrons. The van der Waals surface area contributed by atoms with Crippen molar-refractivity contribution in [3.8, 4) is 5.75 Å². The first kappa shape index (κ1) is 17.0. The molecular formula is C15H11F6NO. The SMILES string of the molecule is Nc1ccc(C(c2cccc(O)c2)(C(F)(F)F)C(F)(F)F)cc1. The van der Waals surface area contributed by atoms with Crippen LogP contribution in [0.1, 0.15) is 11.1 Å². The van der Waals surface area contributed by atoms with Gasteiger partial charge in [-0.05, 0) is 35.4 Å². The van der Waals surface area contributed by atoms with E-state index in [4.69, 9.17) is 5.73 Å². The van der Waals surface area contributed by atoms with Crippen molar-refractivity contribution >= 4 is 5.69 Å². The Balaban J connectivity index is 2.90. The van der Waals surface area contributed by atoms with Crippen molar-refractivity contribution in [2.45, 2.75) is 17.8 Å². The fraction of sp³-hybridized carbons (Fsp3) is 0.200. The van der Waals surface area contributed by atoms with E-state index in [2.05, 4.69) is 0 Å². The maximum absolute atomic E-state index is 13.6. The molecule has 0 unspecified atom stereocenters. The minimum Gasteiger partial charge on any atom is -0.508 e. The van der Waals surface area contributed by atoms with Gasteiger partial charge >= 0.3 is 12.4 Å². The number of phenols is 1. The number of aromatic hydroxyl groups is 1. The first-order valence-corrected chi connectivity index (χ1v) is 6.29. The van der Waals surface area contributed by atoms with Gasteiger partial charge in [-0.15, -0.1) is 0 Å². The molecule has 0 saturated carbocycles. The van der Waals surface area contributed by atoms with Gasteiger partial charge in [0.25, 0.3) is 0 Å². The van der Waals surface area contributed by atoms with Gasteiger partial charge in [0.2, 0.25) is 5.41 Å². The van der Waals surface area contributed by atoms with Crippen molar-refractivity contribution in [2.75, 3.05) is 5.73 Å². The lowest BCUT2D eigenvalue weighted by molar-refractivity contribution is -0.288. The number of anilines is 1. The highest BCUT2D eigenvalue weighted by molar-refractivity contribution is 5.49. The standard InChI is InChI=1S/C15H11F6NO/c16-14(17,18)13(15(19,20)21,9-4-6-11(22)7-5-9)10-2-1-3-12(23)8-10/h1-8,23H,22H2. The Bertz CT molecular complexity index is 676. The third kappa shape index (κ3) is 2.69. The second-order valence-corrected chi connectivity index (χ2v) is 4.92. The van der Waals surface area contributed by atoms with Crippen LogP contribution in [0.25, 0.3) is 0 Å². The topological polar surface area (TPSA) is 46.2 Å². The third-order valence-corrected chi connectivity index (χ3v) is 3.47. The Morgan fingerprint density at radius 2 is 1.26 bits per heavy atom. The molecule has 2 aromatic carbocycles. The van der Waals surface area contributed by atoms with Gasteiger partial charge < -0.3 is 10.8 Å². The zero-order valence-corrected chi connectivity index (χ0v) is 11.4. The van der Waals surface area contributed by atoms with E-state index in [1.54, 1.807) is 0 Å². The van der Waals surface area contributed by atoms with Crippen LogP contribution < -0.4 is 5.73 Å². The number of hydrogen-bond acceptors (Lipinski definition) is 2.